The minimum atomic E-state index is -0.111. The fraction of sp³-hybridized carbons (Fsp3) is 0.688. The van der Waals surface area contributed by atoms with Crippen LogP contribution >= 0.6 is 0 Å². The first-order valence-corrected chi connectivity index (χ1v) is 7.83. The maximum atomic E-state index is 12.0. The number of carbonyl (C=O) groups is 1. The van der Waals surface area contributed by atoms with E-state index in [9.17, 15) is 4.79 Å². The van der Waals surface area contributed by atoms with Crippen molar-refractivity contribution < 1.29 is 14.3 Å². The lowest BCUT2D eigenvalue weighted by Gasteiger charge is -2.29. The Bertz CT molecular complexity index is 440. The van der Waals surface area contributed by atoms with Gasteiger partial charge in [0.25, 0.3) is 0 Å². The normalized spacial score (nSPS) is 23.5. The molecule has 6 nitrogen and oxygen atoms in total. The molecule has 0 saturated carbocycles. The van der Waals surface area contributed by atoms with Crippen molar-refractivity contribution in [2.24, 2.45) is 0 Å². The summed E-state index contributed by atoms with van der Waals surface area (Å²) in [5.41, 5.74) is 0.995. The third-order valence-corrected chi connectivity index (χ3v) is 4.27. The smallest absolute Gasteiger partial charge is 0.315 e. The number of piperidine rings is 1. The molecular weight excluding hydrogens is 282 g/mol. The highest BCUT2D eigenvalue weighted by Gasteiger charge is 2.19. The Balaban J connectivity index is 1.76. The highest BCUT2D eigenvalue weighted by molar-refractivity contribution is 5.74. The van der Waals surface area contributed by atoms with Crippen molar-refractivity contribution in [1.82, 2.24) is 15.5 Å². The molecule has 1 heterocycles. The van der Waals surface area contributed by atoms with Crippen molar-refractivity contribution >= 4 is 6.03 Å². The van der Waals surface area contributed by atoms with Gasteiger partial charge in [0.05, 0.1) is 13.2 Å². The van der Waals surface area contributed by atoms with Crippen LogP contribution in [0, 0.1) is 0 Å². The largest absolute Gasteiger partial charge is 0.497 e. The van der Waals surface area contributed by atoms with E-state index in [2.05, 4.69) is 28.7 Å². The van der Waals surface area contributed by atoms with Gasteiger partial charge in [0.2, 0.25) is 0 Å². The summed E-state index contributed by atoms with van der Waals surface area (Å²) in [5, 5.41) is 5.96. The SMILES string of the molecule is COC1=CC(OC)CC=C1CNC(=O)NC1CCN(C)CC1. The van der Waals surface area contributed by atoms with E-state index in [1.54, 1.807) is 14.2 Å². The lowest BCUT2D eigenvalue weighted by Crippen LogP contribution is -2.47. The number of ether oxygens (including phenoxy) is 2. The molecule has 0 radical (unpaired) electrons. The highest BCUT2D eigenvalue weighted by Crippen LogP contribution is 2.20. The van der Waals surface area contributed by atoms with Gasteiger partial charge in [-0.2, -0.15) is 0 Å². The average Bonchev–Trinajstić information content (AvgIpc) is 2.55. The number of nitrogens with one attached hydrogen (secondary N) is 2. The number of carbonyl (C=O) groups excluding carboxylic acids is 1. The third-order valence-electron chi connectivity index (χ3n) is 4.27. The van der Waals surface area contributed by atoms with Crippen LogP contribution in [0.3, 0.4) is 0 Å². The standard InChI is InChI=1S/C16H27N3O3/c1-19-8-6-13(7-9-19)18-16(20)17-11-12-4-5-14(21-2)10-15(12)22-3/h4,10,13-14H,5-9,11H2,1-3H3,(H2,17,18,20). The number of nitrogens with zero attached hydrogens (tertiary/aromatic N) is 1. The van der Waals surface area contributed by atoms with Crippen LogP contribution in [0.5, 0.6) is 0 Å². The monoisotopic (exact) mass is 309 g/mol. The van der Waals surface area contributed by atoms with E-state index >= 15 is 0 Å². The molecule has 2 aliphatic rings. The second-order valence-electron chi connectivity index (χ2n) is 5.88. The Morgan fingerprint density at radius 3 is 2.73 bits per heavy atom. The van der Waals surface area contributed by atoms with Crippen molar-refractivity contribution in [3.8, 4) is 0 Å². The molecule has 0 aromatic heterocycles. The summed E-state index contributed by atoms with van der Waals surface area (Å²) in [5.74, 6) is 0.776. The van der Waals surface area contributed by atoms with Gasteiger partial charge in [-0.3, -0.25) is 0 Å². The topological polar surface area (TPSA) is 62.8 Å². The molecule has 0 aromatic carbocycles. The molecule has 22 heavy (non-hydrogen) atoms. The quantitative estimate of drug-likeness (QED) is 0.802. The molecule has 2 rings (SSSR count). The molecule has 0 aromatic rings. The number of amides is 2. The maximum Gasteiger partial charge on any atom is 0.315 e. The second-order valence-corrected chi connectivity index (χ2v) is 5.88. The van der Waals surface area contributed by atoms with Crippen molar-refractivity contribution in [1.29, 1.82) is 0 Å². The molecule has 124 valence electrons. The van der Waals surface area contributed by atoms with Gasteiger partial charge in [-0.1, -0.05) is 6.08 Å². The van der Waals surface area contributed by atoms with Gasteiger partial charge >= 0.3 is 6.03 Å². The molecule has 1 unspecified atom stereocenters. The second kappa shape index (κ2) is 8.19. The summed E-state index contributed by atoms with van der Waals surface area (Å²) in [6.45, 7) is 2.53. The number of likely N-dealkylation sites (tertiary alicyclic amines) is 1. The van der Waals surface area contributed by atoms with E-state index in [-0.39, 0.29) is 18.2 Å². The first-order chi connectivity index (χ1) is 10.6. The lowest BCUT2D eigenvalue weighted by molar-refractivity contribution is 0.135. The van der Waals surface area contributed by atoms with Crippen LogP contribution in [0.15, 0.2) is 23.5 Å². The van der Waals surface area contributed by atoms with E-state index in [0.29, 0.717) is 6.54 Å². The van der Waals surface area contributed by atoms with E-state index < -0.39 is 0 Å². The van der Waals surface area contributed by atoms with E-state index in [1.807, 2.05) is 6.08 Å². The summed E-state index contributed by atoms with van der Waals surface area (Å²) in [6, 6.07) is 0.159. The van der Waals surface area contributed by atoms with Gasteiger partial charge < -0.3 is 25.0 Å². The van der Waals surface area contributed by atoms with Gasteiger partial charge in [0, 0.05) is 25.3 Å². The summed E-state index contributed by atoms with van der Waals surface area (Å²) in [7, 11) is 5.43. The van der Waals surface area contributed by atoms with E-state index in [0.717, 1.165) is 43.7 Å². The van der Waals surface area contributed by atoms with Crippen LogP contribution in [-0.2, 0) is 9.47 Å². The van der Waals surface area contributed by atoms with Crippen molar-refractivity contribution in [2.45, 2.75) is 31.4 Å². The maximum absolute atomic E-state index is 12.0. The van der Waals surface area contributed by atoms with Gasteiger partial charge in [-0.25, -0.2) is 4.79 Å². The first kappa shape index (κ1) is 16.8. The Morgan fingerprint density at radius 2 is 2.09 bits per heavy atom. The van der Waals surface area contributed by atoms with Gasteiger partial charge in [-0.05, 0) is 45.5 Å². The first-order valence-electron chi connectivity index (χ1n) is 7.83. The van der Waals surface area contributed by atoms with Crippen LogP contribution in [0.25, 0.3) is 0 Å². The van der Waals surface area contributed by atoms with Gasteiger partial charge in [0.15, 0.2) is 0 Å². The number of urea groups is 1. The zero-order valence-electron chi connectivity index (χ0n) is 13.7. The molecule has 1 aliphatic heterocycles. The summed E-state index contributed by atoms with van der Waals surface area (Å²) in [4.78, 5) is 14.3. The molecule has 2 amide bonds. The minimum Gasteiger partial charge on any atom is -0.497 e. The molecule has 1 atom stereocenters. The Hall–Kier alpha value is -1.53. The number of hydrogen-bond donors (Lipinski definition) is 2. The van der Waals surface area contributed by atoms with Crippen LogP contribution in [0.1, 0.15) is 19.3 Å². The molecule has 6 heteroatoms. The summed E-state index contributed by atoms with van der Waals surface area (Å²) < 4.78 is 10.7. The molecule has 1 aliphatic carbocycles. The fourth-order valence-corrected chi connectivity index (χ4v) is 2.79. The molecular formula is C16H27N3O3. The zero-order valence-corrected chi connectivity index (χ0v) is 13.7. The molecule has 1 fully saturated rings. The van der Waals surface area contributed by atoms with Crippen molar-refractivity contribution in [2.75, 3.05) is 40.9 Å². The molecule has 0 spiro atoms. The third kappa shape index (κ3) is 4.74. The van der Waals surface area contributed by atoms with E-state index in [1.165, 1.54) is 0 Å². The van der Waals surface area contributed by atoms with Gasteiger partial charge in [0.1, 0.15) is 5.76 Å². The molecule has 0 bridgehead atoms. The van der Waals surface area contributed by atoms with Crippen molar-refractivity contribution in [3.63, 3.8) is 0 Å². The molecule has 2 N–H and O–H groups in total. The predicted molar refractivity (Wildman–Crippen MR) is 85.6 cm³/mol. The van der Waals surface area contributed by atoms with Crippen molar-refractivity contribution in [3.05, 3.63) is 23.5 Å². The Kier molecular flexibility index (Phi) is 6.27. The highest BCUT2D eigenvalue weighted by atomic mass is 16.5. The number of hydrogen-bond acceptors (Lipinski definition) is 4. The summed E-state index contributed by atoms with van der Waals surface area (Å²) in [6.07, 6.45) is 6.87. The number of methoxy groups -OCH3 is 2. The van der Waals surface area contributed by atoms with Crippen LogP contribution in [0.2, 0.25) is 0 Å². The Labute approximate surface area is 132 Å². The Morgan fingerprint density at radius 1 is 1.36 bits per heavy atom. The average molecular weight is 309 g/mol. The van der Waals surface area contributed by atoms with Crippen LogP contribution in [-0.4, -0.2) is 64.0 Å². The van der Waals surface area contributed by atoms with E-state index in [4.69, 9.17) is 9.47 Å². The zero-order chi connectivity index (χ0) is 15.9. The summed E-state index contributed by atoms with van der Waals surface area (Å²) >= 11 is 0. The van der Waals surface area contributed by atoms with Gasteiger partial charge in [-0.15, -0.1) is 0 Å². The number of rotatable bonds is 5. The lowest BCUT2D eigenvalue weighted by atomic mass is 10.0. The molecule has 1 saturated heterocycles. The predicted octanol–water partition coefficient (Wildman–Crippen LogP) is 1.26. The van der Waals surface area contributed by atoms with Crippen LogP contribution < -0.4 is 10.6 Å². The minimum absolute atomic E-state index is 0.0479. The van der Waals surface area contributed by atoms with Crippen LogP contribution in [0.4, 0.5) is 4.79 Å². The fourth-order valence-electron chi connectivity index (χ4n) is 2.79.